The van der Waals surface area contributed by atoms with Gasteiger partial charge in [-0.3, -0.25) is 4.79 Å². The number of ether oxygens (including phenoxy) is 1. The molecule has 1 heterocycles. The van der Waals surface area contributed by atoms with Crippen LogP contribution in [0.3, 0.4) is 0 Å². The van der Waals surface area contributed by atoms with Gasteiger partial charge in [0.2, 0.25) is 5.91 Å². The van der Waals surface area contributed by atoms with Gasteiger partial charge in [-0.25, -0.2) is 4.79 Å². The summed E-state index contributed by atoms with van der Waals surface area (Å²) < 4.78 is 5.31. The Morgan fingerprint density at radius 2 is 1.74 bits per heavy atom. The lowest BCUT2D eigenvalue weighted by molar-refractivity contribution is -0.127. The molecule has 1 aromatic rings. The molecule has 1 aromatic heterocycles. The number of fused-ring (bicyclic) bond motifs is 1. The average molecular weight is 461 g/mol. The second kappa shape index (κ2) is 8.47. The van der Waals surface area contributed by atoms with Crippen molar-refractivity contribution in [3.05, 3.63) is 16.0 Å². The van der Waals surface area contributed by atoms with Crippen LogP contribution in [-0.2, 0) is 22.4 Å². The van der Waals surface area contributed by atoms with Crippen molar-refractivity contribution in [2.24, 2.45) is 23.2 Å². The van der Waals surface area contributed by atoms with E-state index >= 15 is 0 Å². The summed E-state index contributed by atoms with van der Waals surface area (Å²) >= 11 is 7.06. The lowest BCUT2D eigenvalue weighted by Crippen LogP contribution is -2.48. The highest BCUT2D eigenvalue weighted by Gasteiger charge is 2.51. The zero-order valence-electron chi connectivity index (χ0n) is 18.3. The minimum Gasteiger partial charge on any atom is -0.462 e. The average Bonchev–Trinajstić information content (AvgIpc) is 3.04. The lowest BCUT2D eigenvalue weighted by atomic mass is 9.49. The minimum atomic E-state index is -0.299. The van der Waals surface area contributed by atoms with Crippen LogP contribution in [0.1, 0.15) is 85.5 Å². The quantitative estimate of drug-likeness (QED) is 0.466. The van der Waals surface area contributed by atoms with Gasteiger partial charge >= 0.3 is 5.97 Å². The van der Waals surface area contributed by atoms with E-state index in [4.69, 9.17) is 17.0 Å². The molecule has 168 valence electrons. The number of thiophene rings is 1. The summed E-state index contributed by atoms with van der Waals surface area (Å²) in [6.45, 7) is 2.16. The molecule has 6 rings (SSSR count). The Morgan fingerprint density at radius 3 is 2.39 bits per heavy atom. The Kier molecular flexibility index (Phi) is 5.84. The molecule has 1 amide bonds. The third kappa shape index (κ3) is 4.28. The van der Waals surface area contributed by atoms with Gasteiger partial charge < -0.3 is 15.4 Å². The number of anilines is 1. The van der Waals surface area contributed by atoms with Crippen LogP contribution in [-0.4, -0.2) is 23.6 Å². The number of thiocarbonyl (C=S) groups is 1. The lowest BCUT2D eigenvalue weighted by Gasteiger charge is -2.56. The third-order valence-corrected chi connectivity index (χ3v) is 9.24. The Morgan fingerprint density at radius 1 is 1.10 bits per heavy atom. The monoisotopic (exact) mass is 460 g/mol. The molecule has 0 aromatic carbocycles. The Labute approximate surface area is 193 Å². The van der Waals surface area contributed by atoms with E-state index < -0.39 is 0 Å². The molecular weight excluding hydrogens is 428 g/mol. The molecule has 31 heavy (non-hydrogen) atoms. The zero-order chi connectivity index (χ0) is 21.6. The summed E-state index contributed by atoms with van der Waals surface area (Å²) in [6, 6.07) is 0. The topological polar surface area (TPSA) is 67.4 Å². The molecule has 5 nitrogen and oxygen atoms in total. The van der Waals surface area contributed by atoms with E-state index in [1.165, 1.54) is 43.4 Å². The highest BCUT2D eigenvalue weighted by atomic mass is 32.1. The van der Waals surface area contributed by atoms with Crippen LogP contribution in [0.2, 0.25) is 0 Å². The van der Waals surface area contributed by atoms with Gasteiger partial charge in [-0.1, -0.05) is 0 Å². The van der Waals surface area contributed by atoms with Crippen LogP contribution < -0.4 is 10.6 Å². The van der Waals surface area contributed by atoms with Gasteiger partial charge in [-0.05, 0) is 112 Å². The van der Waals surface area contributed by atoms with Crippen molar-refractivity contribution >= 4 is 45.5 Å². The van der Waals surface area contributed by atoms with Gasteiger partial charge in [0, 0.05) is 11.3 Å². The molecular formula is C24H32N2O3S2. The van der Waals surface area contributed by atoms with Crippen molar-refractivity contribution in [1.82, 2.24) is 5.32 Å². The van der Waals surface area contributed by atoms with E-state index in [1.54, 1.807) is 11.3 Å². The van der Waals surface area contributed by atoms with E-state index in [0.29, 0.717) is 28.7 Å². The fourth-order valence-corrected chi connectivity index (χ4v) is 8.79. The molecule has 4 saturated carbocycles. The van der Waals surface area contributed by atoms with Gasteiger partial charge in [0.15, 0.2) is 5.11 Å². The molecule has 5 aliphatic rings. The van der Waals surface area contributed by atoms with Gasteiger partial charge in [0.05, 0.1) is 12.2 Å². The van der Waals surface area contributed by atoms with Crippen molar-refractivity contribution in [1.29, 1.82) is 0 Å². The van der Waals surface area contributed by atoms with Crippen LogP contribution in [0.4, 0.5) is 5.00 Å². The Balaban J connectivity index is 1.25. The van der Waals surface area contributed by atoms with Crippen LogP contribution in [0.5, 0.6) is 0 Å². The number of rotatable bonds is 5. The highest BCUT2D eigenvalue weighted by Crippen LogP contribution is 2.61. The van der Waals surface area contributed by atoms with Crippen molar-refractivity contribution in [3.63, 3.8) is 0 Å². The number of nitrogens with one attached hydrogen (secondary N) is 2. The second-order valence-electron chi connectivity index (χ2n) is 10.2. The molecule has 4 bridgehead atoms. The molecule has 7 heteroatoms. The van der Waals surface area contributed by atoms with Crippen molar-refractivity contribution < 1.29 is 14.3 Å². The fourth-order valence-electron chi connectivity index (χ4n) is 7.23. The Hall–Kier alpha value is -1.47. The molecule has 0 aliphatic heterocycles. The summed E-state index contributed by atoms with van der Waals surface area (Å²) in [4.78, 5) is 26.8. The maximum absolute atomic E-state index is 12.9. The number of hydrogen-bond acceptors (Lipinski definition) is 5. The highest BCUT2D eigenvalue weighted by molar-refractivity contribution is 7.80. The molecule has 4 fully saturated rings. The number of esters is 1. The van der Waals surface area contributed by atoms with Crippen LogP contribution in [0.15, 0.2) is 0 Å². The van der Waals surface area contributed by atoms with Gasteiger partial charge in [-0.15, -0.1) is 11.3 Å². The first kappa shape index (κ1) is 21.4. The third-order valence-electron chi connectivity index (χ3n) is 7.83. The predicted molar refractivity (Wildman–Crippen MR) is 127 cm³/mol. The van der Waals surface area contributed by atoms with Crippen molar-refractivity contribution in [2.75, 3.05) is 11.9 Å². The summed E-state index contributed by atoms with van der Waals surface area (Å²) in [5.74, 6) is 2.20. The van der Waals surface area contributed by atoms with E-state index in [-0.39, 0.29) is 17.3 Å². The molecule has 0 atom stereocenters. The smallest absolute Gasteiger partial charge is 0.341 e. The molecule has 2 N–H and O–H groups in total. The minimum absolute atomic E-state index is 0.0125. The van der Waals surface area contributed by atoms with Gasteiger partial charge in [-0.2, -0.15) is 0 Å². The first-order valence-corrected chi connectivity index (χ1v) is 13.1. The molecule has 5 aliphatic carbocycles. The summed E-state index contributed by atoms with van der Waals surface area (Å²) in [5, 5.41) is 7.09. The zero-order valence-corrected chi connectivity index (χ0v) is 19.9. The number of aryl methyl sites for hydroxylation is 1. The normalized spacial score (nSPS) is 30.5. The first-order valence-electron chi connectivity index (χ1n) is 11.9. The molecule has 0 unspecified atom stereocenters. The van der Waals surface area contributed by atoms with Crippen molar-refractivity contribution in [3.8, 4) is 0 Å². The van der Waals surface area contributed by atoms with Gasteiger partial charge in [0.25, 0.3) is 0 Å². The number of carbonyl (C=O) groups excluding carboxylic acids is 2. The van der Waals surface area contributed by atoms with Crippen LogP contribution >= 0.6 is 23.6 Å². The summed E-state index contributed by atoms with van der Waals surface area (Å²) in [7, 11) is 0. The van der Waals surface area contributed by atoms with E-state index in [9.17, 15) is 9.59 Å². The summed E-state index contributed by atoms with van der Waals surface area (Å²) in [6.07, 6.45) is 12.4. The predicted octanol–water partition coefficient (Wildman–Crippen LogP) is 5.22. The largest absolute Gasteiger partial charge is 0.462 e. The fraction of sp³-hybridized carbons (Fsp3) is 0.708. The van der Waals surface area contributed by atoms with Crippen LogP contribution in [0.25, 0.3) is 0 Å². The molecule has 0 spiro atoms. The first-order chi connectivity index (χ1) is 14.9. The van der Waals surface area contributed by atoms with Crippen molar-refractivity contribution in [2.45, 2.75) is 77.6 Å². The number of amides is 1. The van der Waals surface area contributed by atoms with Gasteiger partial charge in [0.1, 0.15) is 5.00 Å². The standard InChI is InChI=1S/C24H32N2O3S2/c1-2-29-22(28)20-17-5-3-4-6-18(17)31-21(20)26-23(30)25-19(27)13-24-10-14-7-15(11-24)9-16(8-14)12-24/h14-16H,2-13H2,1H3,(H2,25,26,27,30). The maximum Gasteiger partial charge on any atom is 0.341 e. The summed E-state index contributed by atoms with van der Waals surface area (Å²) in [5.41, 5.74) is 1.89. The second-order valence-corrected chi connectivity index (χ2v) is 11.7. The maximum atomic E-state index is 12.9. The Bertz CT molecular complexity index is 872. The number of carbonyl (C=O) groups is 2. The SMILES string of the molecule is CCOC(=O)c1c(NC(=S)NC(=O)CC23CC4CC(CC(C4)C2)C3)sc2c1CCCC2. The van der Waals surface area contributed by atoms with Crippen LogP contribution in [0, 0.1) is 23.2 Å². The molecule has 0 radical (unpaired) electrons. The molecule has 0 saturated heterocycles. The van der Waals surface area contributed by atoms with E-state index in [0.717, 1.165) is 49.0 Å². The number of hydrogen-bond donors (Lipinski definition) is 2. The van der Waals surface area contributed by atoms with E-state index in [1.807, 2.05) is 6.92 Å². The van der Waals surface area contributed by atoms with E-state index in [2.05, 4.69) is 10.6 Å².